The second-order valence-corrected chi connectivity index (χ2v) is 4.18. The Balaban J connectivity index is 2.75. The summed E-state index contributed by atoms with van der Waals surface area (Å²) in [5, 5.41) is 11.5. The molecule has 0 aromatic heterocycles. The molecule has 0 bridgehead atoms. The highest BCUT2D eigenvalue weighted by Crippen LogP contribution is 2.51. The standard InChI is InChI=1S/C10H15F3N2/c1-15-8-2-4-9(5-3-8,6-7-14)10(11,12)13/h8,15H,2-6H2,1H3. The maximum absolute atomic E-state index is 12.8. The van der Waals surface area contributed by atoms with Gasteiger partial charge in [-0.25, -0.2) is 0 Å². The van der Waals surface area contributed by atoms with Gasteiger partial charge in [-0.05, 0) is 32.7 Å². The van der Waals surface area contributed by atoms with Gasteiger partial charge in [0.2, 0.25) is 0 Å². The van der Waals surface area contributed by atoms with Crippen LogP contribution in [0.4, 0.5) is 13.2 Å². The normalized spacial score (nSPS) is 32.3. The van der Waals surface area contributed by atoms with Crippen molar-refractivity contribution < 1.29 is 13.2 Å². The van der Waals surface area contributed by atoms with Crippen molar-refractivity contribution >= 4 is 0 Å². The molecule has 0 atom stereocenters. The molecule has 0 amide bonds. The summed E-state index contributed by atoms with van der Waals surface area (Å²) in [6.45, 7) is 0. The number of nitriles is 1. The highest BCUT2D eigenvalue weighted by atomic mass is 19.4. The lowest BCUT2D eigenvalue weighted by Crippen LogP contribution is -2.44. The van der Waals surface area contributed by atoms with Gasteiger partial charge in [0.05, 0.1) is 11.5 Å². The molecular formula is C10H15F3N2. The van der Waals surface area contributed by atoms with E-state index >= 15 is 0 Å². The van der Waals surface area contributed by atoms with Crippen LogP contribution in [0.25, 0.3) is 0 Å². The van der Waals surface area contributed by atoms with Crippen LogP contribution in [0.15, 0.2) is 0 Å². The summed E-state index contributed by atoms with van der Waals surface area (Å²) in [7, 11) is 1.76. The van der Waals surface area contributed by atoms with E-state index in [2.05, 4.69) is 5.32 Å². The molecule has 0 aromatic carbocycles. The van der Waals surface area contributed by atoms with E-state index in [0.717, 1.165) is 0 Å². The quantitative estimate of drug-likeness (QED) is 0.776. The van der Waals surface area contributed by atoms with E-state index in [9.17, 15) is 13.2 Å². The number of alkyl halides is 3. The predicted octanol–water partition coefficient (Wildman–Crippen LogP) is 2.61. The monoisotopic (exact) mass is 220 g/mol. The first kappa shape index (κ1) is 12.3. The zero-order chi connectivity index (χ0) is 11.5. The fourth-order valence-corrected chi connectivity index (χ4v) is 2.17. The first-order valence-electron chi connectivity index (χ1n) is 5.06. The molecule has 1 aliphatic rings. The van der Waals surface area contributed by atoms with Crippen molar-refractivity contribution in [1.29, 1.82) is 5.26 Å². The summed E-state index contributed by atoms with van der Waals surface area (Å²) < 4.78 is 38.5. The molecule has 0 saturated heterocycles. The largest absolute Gasteiger partial charge is 0.395 e. The van der Waals surface area contributed by atoms with Crippen LogP contribution >= 0.6 is 0 Å². The van der Waals surface area contributed by atoms with E-state index in [0.29, 0.717) is 12.8 Å². The average molecular weight is 220 g/mol. The van der Waals surface area contributed by atoms with Gasteiger partial charge in [-0.2, -0.15) is 18.4 Å². The van der Waals surface area contributed by atoms with Gasteiger partial charge in [0.25, 0.3) is 0 Å². The van der Waals surface area contributed by atoms with E-state index in [1.54, 1.807) is 13.1 Å². The highest BCUT2D eigenvalue weighted by Gasteiger charge is 2.55. The van der Waals surface area contributed by atoms with Crippen molar-refractivity contribution in [3.63, 3.8) is 0 Å². The summed E-state index contributed by atoms with van der Waals surface area (Å²) >= 11 is 0. The van der Waals surface area contributed by atoms with E-state index in [1.165, 1.54) is 0 Å². The number of nitrogens with one attached hydrogen (secondary N) is 1. The second kappa shape index (κ2) is 4.40. The van der Waals surface area contributed by atoms with Gasteiger partial charge in [0.1, 0.15) is 0 Å². The summed E-state index contributed by atoms with van der Waals surface area (Å²) in [4.78, 5) is 0. The lowest BCUT2D eigenvalue weighted by molar-refractivity contribution is -0.233. The van der Waals surface area contributed by atoms with E-state index in [-0.39, 0.29) is 18.9 Å². The second-order valence-electron chi connectivity index (χ2n) is 4.18. The molecule has 0 spiro atoms. The smallest absolute Gasteiger partial charge is 0.317 e. The minimum absolute atomic E-state index is 0.0650. The van der Waals surface area contributed by atoms with E-state index in [1.807, 2.05) is 0 Å². The molecular weight excluding hydrogens is 205 g/mol. The van der Waals surface area contributed by atoms with Gasteiger partial charge in [0, 0.05) is 12.5 Å². The van der Waals surface area contributed by atoms with Crippen molar-refractivity contribution in [3.8, 4) is 6.07 Å². The van der Waals surface area contributed by atoms with E-state index in [4.69, 9.17) is 5.26 Å². The molecule has 1 N–H and O–H groups in total. The summed E-state index contributed by atoms with van der Waals surface area (Å²) in [6, 6.07) is 1.84. The minimum Gasteiger partial charge on any atom is -0.317 e. The Hall–Kier alpha value is -0.760. The van der Waals surface area contributed by atoms with Gasteiger partial charge in [-0.1, -0.05) is 0 Å². The topological polar surface area (TPSA) is 35.8 Å². The average Bonchev–Trinajstić information content (AvgIpc) is 2.18. The third kappa shape index (κ3) is 2.43. The predicted molar refractivity (Wildman–Crippen MR) is 50.0 cm³/mol. The van der Waals surface area contributed by atoms with Gasteiger partial charge in [-0.3, -0.25) is 0 Å². The van der Waals surface area contributed by atoms with Gasteiger partial charge >= 0.3 is 6.18 Å². The maximum Gasteiger partial charge on any atom is 0.395 e. The molecule has 5 heteroatoms. The molecule has 2 nitrogen and oxygen atoms in total. The Morgan fingerprint density at radius 1 is 1.40 bits per heavy atom. The maximum atomic E-state index is 12.8. The van der Waals surface area contributed by atoms with Crippen molar-refractivity contribution in [2.75, 3.05) is 7.05 Å². The fourth-order valence-electron chi connectivity index (χ4n) is 2.17. The summed E-state index contributed by atoms with van der Waals surface area (Å²) in [5.74, 6) is 0. The van der Waals surface area contributed by atoms with E-state index < -0.39 is 18.0 Å². The number of hydrogen-bond donors (Lipinski definition) is 1. The first-order chi connectivity index (χ1) is 6.95. The lowest BCUT2D eigenvalue weighted by Gasteiger charge is -2.39. The van der Waals surface area contributed by atoms with Crippen LogP contribution < -0.4 is 5.32 Å². The zero-order valence-electron chi connectivity index (χ0n) is 8.69. The van der Waals surface area contributed by atoms with Crippen LogP contribution in [0.2, 0.25) is 0 Å². The zero-order valence-corrected chi connectivity index (χ0v) is 8.69. The Labute approximate surface area is 87.5 Å². The molecule has 0 aromatic rings. The third-order valence-corrected chi connectivity index (χ3v) is 3.37. The molecule has 0 aliphatic heterocycles. The highest BCUT2D eigenvalue weighted by molar-refractivity contribution is 4.98. The summed E-state index contributed by atoms with van der Waals surface area (Å²) in [5.41, 5.74) is -1.75. The van der Waals surface area contributed by atoms with Gasteiger partial charge in [-0.15, -0.1) is 0 Å². The molecule has 1 rings (SSSR count). The van der Waals surface area contributed by atoms with Crippen molar-refractivity contribution in [2.45, 2.75) is 44.3 Å². The van der Waals surface area contributed by atoms with Crippen LogP contribution in [0, 0.1) is 16.7 Å². The molecule has 1 aliphatic carbocycles. The van der Waals surface area contributed by atoms with Crippen molar-refractivity contribution in [1.82, 2.24) is 5.32 Å². The molecule has 0 radical (unpaired) electrons. The fraction of sp³-hybridized carbons (Fsp3) is 0.900. The van der Waals surface area contributed by atoms with Crippen LogP contribution in [0.5, 0.6) is 0 Å². The van der Waals surface area contributed by atoms with Crippen LogP contribution in [0.3, 0.4) is 0 Å². The lowest BCUT2D eigenvalue weighted by atomic mass is 9.70. The van der Waals surface area contributed by atoms with Crippen LogP contribution in [-0.2, 0) is 0 Å². The Bertz CT molecular complexity index is 246. The minimum atomic E-state index is -4.25. The van der Waals surface area contributed by atoms with Gasteiger partial charge < -0.3 is 5.32 Å². The Kier molecular flexibility index (Phi) is 3.61. The number of nitrogens with zero attached hydrogens (tertiary/aromatic N) is 1. The van der Waals surface area contributed by atoms with Crippen LogP contribution in [-0.4, -0.2) is 19.3 Å². The molecule has 0 heterocycles. The third-order valence-electron chi connectivity index (χ3n) is 3.37. The SMILES string of the molecule is CNC1CCC(CC#N)(C(F)(F)F)CC1. The van der Waals surface area contributed by atoms with Crippen molar-refractivity contribution in [3.05, 3.63) is 0 Å². The Morgan fingerprint density at radius 3 is 2.27 bits per heavy atom. The molecule has 0 unspecified atom stereocenters. The van der Waals surface area contributed by atoms with Crippen molar-refractivity contribution in [2.24, 2.45) is 5.41 Å². The van der Waals surface area contributed by atoms with Crippen LogP contribution in [0.1, 0.15) is 32.1 Å². The molecule has 1 fully saturated rings. The number of halogens is 3. The first-order valence-corrected chi connectivity index (χ1v) is 5.06. The number of rotatable bonds is 2. The summed E-state index contributed by atoms with van der Waals surface area (Å²) in [6.07, 6.45) is -3.53. The molecule has 1 saturated carbocycles. The molecule has 86 valence electrons. The molecule has 15 heavy (non-hydrogen) atoms. The number of hydrogen-bond acceptors (Lipinski definition) is 2. The van der Waals surface area contributed by atoms with Gasteiger partial charge in [0.15, 0.2) is 0 Å². The Morgan fingerprint density at radius 2 is 1.93 bits per heavy atom.